The van der Waals surface area contributed by atoms with Gasteiger partial charge in [0.05, 0.1) is 23.6 Å². The first-order valence-electron chi connectivity index (χ1n) is 10.0. The van der Waals surface area contributed by atoms with Crippen molar-refractivity contribution in [2.24, 2.45) is 0 Å². The van der Waals surface area contributed by atoms with E-state index in [-0.39, 0.29) is 5.91 Å². The Hall–Kier alpha value is -3.37. The van der Waals surface area contributed by atoms with E-state index < -0.39 is 0 Å². The molecule has 31 heavy (non-hydrogen) atoms. The van der Waals surface area contributed by atoms with Gasteiger partial charge in [-0.05, 0) is 39.1 Å². The van der Waals surface area contributed by atoms with Crippen molar-refractivity contribution in [2.75, 3.05) is 19.4 Å². The molecule has 4 aromatic rings. The van der Waals surface area contributed by atoms with Gasteiger partial charge in [-0.3, -0.25) is 19.6 Å². The van der Waals surface area contributed by atoms with Gasteiger partial charge in [0.2, 0.25) is 0 Å². The monoisotopic (exact) mass is 434 g/mol. The predicted molar refractivity (Wildman–Crippen MR) is 119 cm³/mol. The lowest BCUT2D eigenvalue weighted by atomic mass is 9.86. The molecule has 2 N–H and O–H groups in total. The SMILES string of the molecule is CN(C)[C@H]1C[C@@H](n2cc(NC(=O)c3csc(-c4cn[nH]c4)n3)c(-c3ccccn3)n2)C1. The maximum absolute atomic E-state index is 12.9. The Morgan fingerprint density at radius 2 is 2.19 bits per heavy atom. The standard InChI is InChI=1S/C21H22N8OS/c1-28(2)14-7-15(8-14)29-11-17(19(27-29)16-5-3-4-6-22-16)25-20(30)18-12-31-21(26-18)13-9-23-24-10-13/h3-6,9-12,14-15H,7-8H2,1-2H3,(H,23,24)(H,25,30)/t14-,15+. The lowest BCUT2D eigenvalue weighted by Crippen LogP contribution is -2.41. The molecule has 0 atom stereocenters. The van der Waals surface area contributed by atoms with E-state index in [1.165, 1.54) is 11.3 Å². The number of hydrogen-bond acceptors (Lipinski definition) is 7. The van der Waals surface area contributed by atoms with Gasteiger partial charge >= 0.3 is 0 Å². The van der Waals surface area contributed by atoms with E-state index in [0.29, 0.717) is 29.2 Å². The zero-order chi connectivity index (χ0) is 21.4. The van der Waals surface area contributed by atoms with Gasteiger partial charge in [0.25, 0.3) is 5.91 Å². The summed E-state index contributed by atoms with van der Waals surface area (Å²) in [6, 6.07) is 6.54. The van der Waals surface area contributed by atoms with Gasteiger partial charge in [0.1, 0.15) is 16.4 Å². The van der Waals surface area contributed by atoms with Gasteiger partial charge in [-0.25, -0.2) is 4.98 Å². The van der Waals surface area contributed by atoms with Gasteiger partial charge in [0.15, 0.2) is 0 Å². The number of anilines is 1. The summed E-state index contributed by atoms with van der Waals surface area (Å²) in [6.45, 7) is 0. The molecule has 0 saturated heterocycles. The molecule has 4 aromatic heterocycles. The quantitative estimate of drug-likeness (QED) is 0.482. The van der Waals surface area contributed by atoms with Crippen LogP contribution in [0.2, 0.25) is 0 Å². The summed E-state index contributed by atoms with van der Waals surface area (Å²) < 4.78 is 1.96. The minimum atomic E-state index is -0.275. The fourth-order valence-corrected chi connectivity index (χ4v) is 4.41. The fourth-order valence-electron chi connectivity index (χ4n) is 3.62. The third-order valence-corrected chi connectivity index (χ3v) is 6.45. The lowest BCUT2D eigenvalue weighted by molar-refractivity contribution is 0.102. The highest BCUT2D eigenvalue weighted by Crippen LogP contribution is 2.37. The number of rotatable bonds is 6. The number of aromatic nitrogens is 6. The first-order valence-corrected chi connectivity index (χ1v) is 10.9. The third-order valence-electron chi connectivity index (χ3n) is 5.56. The number of nitrogens with zero attached hydrogens (tertiary/aromatic N) is 6. The molecule has 0 aromatic carbocycles. The van der Waals surface area contributed by atoms with Crippen LogP contribution in [0.4, 0.5) is 5.69 Å². The van der Waals surface area contributed by atoms with Crippen molar-refractivity contribution in [2.45, 2.75) is 24.9 Å². The zero-order valence-electron chi connectivity index (χ0n) is 17.2. The van der Waals surface area contributed by atoms with Gasteiger partial charge in [-0.2, -0.15) is 10.2 Å². The molecule has 4 heterocycles. The summed E-state index contributed by atoms with van der Waals surface area (Å²) >= 11 is 1.40. The molecule has 1 aliphatic carbocycles. The van der Waals surface area contributed by atoms with Crippen molar-refractivity contribution in [1.29, 1.82) is 0 Å². The minimum absolute atomic E-state index is 0.275. The smallest absolute Gasteiger partial charge is 0.275 e. The van der Waals surface area contributed by atoms with Crippen LogP contribution < -0.4 is 5.32 Å². The van der Waals surface area contributed by atoms with Gasteiger partial charge < -0.3 is 10.2 Å². The number of carbonyl (C=O) groups is 1. The average Bonchev–Trinajstić information content (AvgIpc) is 3.48. The maximum Gasteiger partial charge on any atom is 0.275 e. The molecule has 0 unspecified atom stereocenters. The first-order chi connectivity index (χ1) is 15.1. The molecular formula is C21H22N8OS. The summed E-state index contributed by atoms with van der Waals surface area (Å²) in [7, 11) is 4.20. The van der Waals surface area contributed by atoms with Crippen LogP contribution in [0.5, 0.6) is 0 Å². The summed E-state index contributed by atoms with van der Waals surface area (Å²) in [5.41, 5.74) is 3.23. The Morgan fingerprint density at radius 3 is 2.90 bits per heavy atom. The molecule has 1 aliphatic rings. The Kier molecular flexibility index (Phi) is 5.08. The highest BCUT2D eigenvalue weighted by Gasteiger charge is 2.33. The van der Waals surface area contributed by atoms with E-state index in [1.54, 1.807) is 24.0 Å². The van der Waals surface area contributed by atoms with Crippen LogP contribution >= 0.6 is 11.3 Å². The van der Waals surface area contributed by atoms with Crippen molar-refractivity contribution in [1.82, 2.24) is 34.8 Å². The van der Waals surface area contributed by atoms with E-state index in [9.17, 15) is 4.79 Å². The fraction of sp³-hybridized carbons (Fsp3) is 0.286. The maximum atomic E-state index is 12.9. The lowest BCUT2D eigenvalue weighted by Gasteiger charge is -2.39. The predicted octanol–water partition coefficient (Wildman–Crippen LogP) is 3.31. The van der Waals surface area contributed by atoms with Crippen molar-refractivity contribution < 1.29 is 4.79 Å². The average molecular weight is 435 g/mol. The van der Waals surface area contributed by atoms with Crippen molar-refractivity contribution in [3.63, 3.8) is 0 Å². The number of nitrogens with one attached hydrogen (secondary N) is 2. The minimum Gasteiger partial charge on any atom is -0.317 e. The molecule has 0 radical (unpaired) electrons. The Balaban J connectivity index is 1.40. The molecular weight excluding hydrogens is 412 g/mol. The highest BCUT2D eigenvalue weighted by molar-refractivity contribution is 7.13. The van der Waals surface area contributed by atoms with Crippen LogP contribution in [-0.4, -0.2) is 60.9 Å². The van der Waals surface area contributed by atoms with Crippen LogP contribution in [0.25, 0.3) is 22.0 Å². The molecule has 0 bridgehead atoms. The van der Waals surface area contributed by atoms with Crippen LogP contribution in [0, 0.1) is 0 Å². The molecule has 9 nitrogen and oxygen atoms in total. The highest BCUT2D eigenvalue weighted by atomic mass is 32.1. The van der Waals surface area contributed by atoms with Crippen molar-refractivity contribution in [3.8, 4) is 22.0 Å². The van der Waals surface area contributed by atoms with Gasteiger partial charge in [0, 0.05) is 35.6 Å². The number of hydrogen-bond donors (Lipinski definition) is 2. The molecule has 1 saturated carbocycles. The second-order valence-electron chi connectivity index (χ2n) is 7.81. The molecule has 5 rings (SSSR count). The topological polar surface area (TPSA) is 105 Å². The molecule has 158 valence electrons. The zero-order valence-corrected chi connectivity index (χ0v) is 18.0. The number of H-pyrrole nitrogens is 1. The third kappa shape index (κ3) is 3.87. The van der Waals surface area contributed by atoms with Gasteiger partial charge in [-0.15, -0.1) is 11.3 Å². The summed E-state index contributed by atoms with van der Waals surface area (Å²) in [6.07, 6.45) is 9.13. The number of thiazole rings is 1. The molecule has 1 fully saturated rings. The Bertz CT molecular complexity index is 1180. The van der Waals surface area contributed by atoms with Crippen LogP contribution in [0.15, 0.2) is 48.4 Å². The van der Waals surface area contributed by atoms with E-state index in [1.807, 2.05) is 29.1 Å². The van der Waals surface area contributed by atoms with Crippen LogP contribution in [-0.2, 0) is 0 Å². The first kappa shape index (κ1) is 19.6. The van der Waals surface area contributed by atoms with E-state index >= 15 is 0 Å². The van der Waals surface area contributed by atoms with Gasteiger partial charge in [-0.1, -0.05) is 6.07 Å². The number of amides is 1. The normalized spacial score (nSPS) is 18.2. The second-order valence-corrected chi connectivity index (χ2v) is 8.67. The molecule has 0 spiro atoms. The molecule has 1 amide bonds. The van der Waals surface area contributed by atoms with E-state index in [0.717, 1.165) is 29.1 Å². The largest absolute Gasteiger partial charge is 0.317 e. The van der Waals surface area contributed by atoms with Crippen molar-refractivity contribution in [3.05, 3.63) is 54.1 Å². The Morgan fingerprint density at radius 1 is 1.32 bits per heavy atom. The summed E-state index contributed by atoms with van der Waals surface area (Å²) in [5.74, 6) is -0.275. The number of aromatic amines is 1. The van der Waals surface area contributed by atoms with Crippen LogP contribution in [0.3, 0.4) is 0 Å². The summed E-state index contributed by atoms with van der Waals surface area (Å²) in [4.78, 5) is 24.0. The number of carbonyl (C=O) groups excluding carboxylic acids is 1. The Labute approximate surface area is 183 Å². The van der Waals surface area contributed by atoms with Crippen molar-refractivity contribution >= 4 is 22.9 Å². The van der Waals surface area contributed by atoms with E-state index in [4.69, 9.17) is 5.10 Å². The molecule has 0 aliphatic heterocycles. The van der Waals surface area contributed by atoms with E-state index in [2.05, 4.69) is 44.5 Å². The number of pyridine rings is 1. The van der Waals surface area contributed by atoms with Crippen LogP contribution in [0.1, 0.15) is 29.4 Å². The summed E-state index contributed by atoms with van der Waals surface area (Å²) in [5, 5.41) is 17.0. The molecule has 10 heteroatoms. The second kappa shape index (κ2) is 8.05.